The van der Waals surface area contributed by atoms with E-state index in [1.165, 1.54) is 11.1 Å². The molecule has 0 saturated carbocycles. The zero-order chi connectivity index (χ0) is 11.8. The SMILES string of the molecule is COc1ccc2c(c1OC)CC(C)(C)NC2. The van der Waals surface area contributed by atoms with Crippen molar-refractivity contribution in [3.63, 3.8) is 0 Å². The smallest absolute Gasteiger partial charge is 0.164 e. The van der Waals surface area contributed by atoms with Gasteiger partial charge in [0, 0.05) is 17.6 Å². The van der Waals surface area contributed by atoms with E-state index in [1.807, 2.05) is 6.07 Å². The first-order valence-electron chi connectivity index (χ1n) is 5.55. The second-order valence-corrected chi connectivity index (χ2v) is 4.85. The van der Waals surface area contributed by atoms with Crippen molar-refractivity contribution >= 4 is 0 Å². The molecule has 1 aliphatic rings. The van der Waals surface area contributed by atoms with Crippen molar-refractivity contribution in [3.05, 3.63) is 23.3 Å². The molecule has 0 bridgehead atoms. The number of ether oxygens (including phenoxy) is 2. The van der Waals surface area contributed by atoms with Crippen molar-refractivity contribution in [1.29, 1.82) is 0 Å². The molecular weight excluding hydrogens is 202 g/mol. The van der Waals surface area contributed by atoms with Crippen LogP contribution in [0.4, 0.5) is 0 Å². The van der Waals surface area contributed by atoms with Crippen molar-refractivity contribution in [1.82, 2.24) is 5.32 Å². The molecule has 0 fully saturated rings. The standard InChI is InChI=1S/C13H19NO2/c1-13(2)7-10-9(8-14-13)5-6-11(15-3)12(10)16-4/h5-6,14H,7-8H2,1-4H3. The van der Waals surface area contributed by atoms with Crippen molar-refractivity contribution < 1.29 is 9.47 Å². The van der Waals surface area contributed by atoms with Crippen LogP contribution in [0.25, 0.3) is 0 Å². The summed E-state index contributed by atoms with van der Waals surface area (Å²) < 4.78 is 10.8. The predicted octanol–water partition coefficient (Wildman–Crippen LogP) is 2.13. The molecule has 2 rings (SSSR count). The molecule has 16 heavy (non-hydrogen) atoms. The van der Waals surface area contributed by atoms with Gasteiger partial charge in [0.1, 0.15) is 0 Å². The highest BCUT2D eigenvalue weighted by atomic mass is 16.5. The minimum absolute atomic E-state index is 0.118. The maximum Gasteiger partial charge on any atom is 0.164 e. The summed E-state index contributed by atoms with van der Waals surface area (Å²) in [6.07, 6.45) is 0.961. The first-order valence-corrected chi connectivity index (χ1v) is 5.55. The van der Waals surface area contributed by atoms with Gasteiger partial charge in [0.25, 0.3) is 0 Å². The van der Waals surface area contributed by atoms with Gasteiger partial charge >= 0.3 is 0 Å². The molecule has 0 spiro atoms. The van der Waals surface area contributed by atoms with Crippen LogP contribution < -0.4 is 14.8 Å². The van der Waals surface area contributed by atoms with E-state index in [1.54, 1.807) is 14.2 Å². The van der Waals surface area contributed by atoms with Crippen LogP contribution in [-0.4, -0.2) is 19.8 Å². The lowest BCUT2D eigenvalue weighted by atomic mass is 9.87. The monoisotopic (exact) mass is 221 g/mol. The normalized spacial score (nSPS) is 17.8. The lowest BCUT2D eigenvalue weighted by Crippen LogP contribution is -2.44. The summed E-state index contributed by atoms with van der Waals surface area (Å²) in [5, 5.41) is 3.51. The van der Waals surface area contributed by atoms with Crippen molar-refractivity contribution in [3.8, 4) is 11.5 Å². The van der Waals surface area contributed by atoms with E-state index in [-0.39, 0.29) is 5.54 Å². The van der Waals surface area contributed by atoms with E-state index in [9.17, 15) is 0 Å². The van der Waals surface area contributed by atoms with Gasteiger partial charge in [-0.3, -0.25) is 0 Å². The van der Waals surface area contributed by atoms with Gasteiger partial charge in [0.05, 0.1) is 14.2 Å². The fourth-order valence-electron chi connectivity index (χ4n) is 2.23. The van der Waals surface area contributed by atoms with E-state index in [2.05, 4.69) is 25.2 Å². The van der Waals surface area contributed by atoms with Crippen molar-refractivity contribution in [2.45, 2.75) is 32.4 Å². The van der Waals surface area contributed by atoms with E-state index >= 15 is 0 Å². The minimum Gasteiger partial charge on any atom is -0.493 e. The molecule has 3 heteroatoms. The fourth-order valence-corrected chi connectivity index (χ4v) is 2.23. The lowest BCUT2D eigenvalue weighted by Gasteiger charge is -2.34. The Labute approximate surface area is 96.8 Å². The third-order valence-electron chi connectivity index (χ3n) is 3.12. The number of nitrogens with one attached hydrogen (secondary N) is 1. The Morgan fingerprint density at radius 3 is 2.56 bits per heavy atom. The summed E-state index contributed by atoms with van der Waals surface area (Å²) in [5.41, 5.74) is 2.69. The average molecular weight is 221 g/mol. The molecule has 1 aliphatic heterocycles. The largest absolute Gasteiger partial charge is 0.493 e. The molecule has 3 nitrogen and oxygen atoms in total. The first kappa shape index (κ1) is 11.3. The Bertz CT molecular complexity index is 399. The molecule has 0 saturated heterocycles. The Morgan fingerprint density at radius 2 is 1.94 bits per heavy atom. The van der Waals surface area contributed by atoms with E-state index < -0.39 is 0 Å². The van der Waals surface area contributed by atoms with E-state index in [4.69, 9.17) is 9.47 Å². The number of rotatable bonds is 2. The molecular formula is C13H19NO2. The fraction of sp³-hybridized carbons (Fsp3) is 0.538. The summed E-state index contributed by atoms with van der Waals surface area (Å²) in [7, 11) is 3.38. The lowest BCUT2D eigenvalue weighted by molar-refractivity contribution is 0.326. The van der Waals surface area contributed by atoms with Crippen LogP contribution in [0.2, 0.25) is 0 Å². The molecule has 1 heterocycles. The van der Waals surface area contributed by atoms with Gasteiger partial charge in [-0.1, -0.05) is 6.07 Å². The Kier molecular flexibility index (Phi) is 2.80. The number of benzene rings is 1. The molecule has 0 aromatic heterocycles. The number of methoxy groups -OCH3 is 2. The average Bonchev–Trinajstić information content (AvgIpc) is 2.26. The highest BCUT2D eigenvalue weighted by Gasteiger charge is 2.28. The summed E-state index contributed by atoms with van der Waals surface area (Å²) in [6, 6.07) is 4.08. The van der Waals surface area contributed by atoms with Crippen LogP contribution in [-0.2, 0) is 13.0 Å². The second-order valence-electron chi connectivity index (χ2n) is 4.85. The van der Waals surface area contributed by atoms with E-state index in [0.29, 0.717) is 0 Å². The molecule has 1 N–H and O–H groups in total. The van der Waals surface area contributed by atoms with E-state index in [0.717, 1.165) is 24.5 Å². The highest BCUT2D eigenvalue weighted by Crippen LogP contribution is 2.37. The Morgan fingerprint density at radius 1 is 1.19 bits per heavy atom. The van der Waals surface area contributed by atoms with Crippen LogP contribution >= 0.6 is 0 Å². The summed E-state index contributed by atoms with van der Waals surface area (Å²) in [4.78, 5) is 0. The predicted molar refractivity (Wildman–Crippen MR) is 64.2 cm³/mol. The Hall–Kier alpha value is -1.22. The molecule has 0 atom stereocenters. The van der Waals surface area contributed by atoms with Gasteiger partial charge < -0.3 is 14.8 Å². The van der Waals surface area contributed by atoms with Crippen LogP contribution in [0.5, 0.6) is 11.5 Å². The summed E-state index contributed by atoms with van der Waals surface area (Å²) in [6.45, 7) is 5.30. The van der Waals surface area contributed by atoms with Crippen LogP contribution in [0, 0.1) is 0 Å². The molecule has 0 radical (unpaired) electrons. The minimum atomic E-state index is 0.118. The van der Waals surface area contributed by atoms with Gasteiger partial charge in [0.2, 0.25) is 0 Å². The zero-order valence-electron chi connectivity index (χ0n) is 10.4. The van der Waals surface area contributed by atoms with Crippen molar-refractivity contribution in [2.75, 3.05) is 14.2 Å². The molecule has 0 amide bonds. The maximum absolute atomic E-state index is 5.48. The molecule has 0 unspecified atom stereocenters. The van der Waals surface area contributed by atoms with Gasteiger partial charge in [-0.2, -0.15) is 0 Å². The van der Waals surface area contributed by atoms with Crippen molar-refractivity contribution in [2.24, 2.45) is 0 Å². The first-order chi connectivity index (χ1) is 7.57. The van der Waals surface area contributed by atoms with Crippen LogP contribution in [0.3, 0.4) is 0 Å². The quantitative estimate of drug-likeness (QED) is 0.830. The Balaban J connectivity index is 2.50. The summed E-state index contributed by atoms with van der Waals surface area (Å²) in [5.74, 6) is 1.70. The third-order valence-corrected chi connectivity index (χ3v) is 3.12. The van der Waals surface area contributed by atoms with Gasteiger partial charge in [-0.15, -0.1) is 0 Å². The number of hydrogen-bond donors (Lipinski definition) is 1. The second kappa shape index (κ2) is 3.98. The molecule has 1 aromatic rings. The zero-order valence-corrected chi connectivity index (χ0v) is 10.4. The third kappa shape index (κ3) is 1.87. The maximum atomic E-state index is 5.48. The highest BCUT2D eigenvalue weighted by molar-refractivity contribution is 5.52. The molecule has 0 aliphatic carbocycles. The summed E-state index contributed by atoms with van der Waals surface area (Å²) >= 11 is 0. The van der Waals surface area contributed by atoms with Gasteiger partial charge in [-0.25, -0.2) is 0 Å². The number of fused-ring (bicyclic) bond motifs is 1. The van der Waals surface area contributed by atoms with Crippen LogP contribution in [0.15, 0.2) is 12.1 Å². The van der Waals surface area contributed by atoms with Gasteiger partial charge in [-0.05, 0) is 31.9 Å². The topological polar surface area (TPSA) is 30.5 Å². The van der Waals surface area contributed by atoms with Crippen LogP contribution in [0.1, 0.15) is 25.0 Å². The number of hydrogen-bond acceptors (Lipinski definition) is 3. The molecule has 1 aromatic carbocycles. The van der Waals surface area contributed by atoms with Gasteiger partial charge in [0.15, 0.2) is 11.5 Å². The molecule has 88 valence electrons.